The Kier molecular flexibility index (Phi) is 4.59. The van der Waals surface area contributed by atoms with Gasteiger partial charge < -0.3 is 14.6 Å². The zero-order valence-corrected chi connectivity index (χ0v) is 15.2. The lowest BCUT2D eigenvalue weighted by Crippen LogP contribution is -2.25. The van der Waals surface area contributed by atoms with Crippen LogP contribution in [0.1, 0.15) is 12.8 Å². The summed E-state index contributed by atoms with van der Waals surface area (Å²) in [5.41, 5.74) is 1.26. The summed E-state index contributed by atoms with van der Waals surface area (Å²) in [6.45, 7) is 0.255. The number of carbonyl (C=O) groups is 2. The van der Waals surface area contributed by atoms with Crippen LogP contribution in [0, 0.1) is 10.1 Å². The standard InChI is InChI=1S/C19H16N4O6/c24-17(20-12-3-1-4-13(9-12)21-8-2-5-18(21)25)11-22-15-10-14(23(27)28)6-7-16(15)29-19(22)26/h1,3-4,6-7,9-10H,2,5,8,11H2,(H,20,24). The summed E-state index contributed by atoms with van der Waals surface area (Å²) in [7, 11) is 0. The van der Waals surface area contributed by atoms with Crippen molar-refractivity contribution in [2.75, 3.05) is 16.8 Å². The van der Waals surface area contributed by atoms with Crippen LogP contribution in [0.2, 0.25) is 0 Å². The number of carbonyl (C=O) groups excluding carboxylic acids is 2. The zero-order valence-electron chi connectivity index (χ0n) is 15.2. The van der Waals surface area contributed by atoms with E-state index < -0.39 is 16.6 Å². The van der Waals surface area contributed by atoms with Crippen LogP contribution in [0.3, 0.4) is 0 Å². The molecule has 1 N–H and O–H groups in total. The minimum Gasteiger partial charge on any atom is -0.408 e. The fourth-order valence-corrected chi connectivity index (χ4v) is 3.33. The Morgan fingerprint density at radius 1 is 1.21 bits per heavy atom. The molecule has 2 amide bonds. The van der Waals surface area contributed by atoms with Crippen LogP contribution in [0.5, 0.6) is 0 Å². The molecule has 148 valence electrons. The van der Waals surface area contributed by atoms with E-state index in [0.717, 1.165) is 11.0 Å². The van der Waals surface area contributed by atoms with Crippen LogP contribution in [-0.2, 0) is 16.1 Å². The van der Waals surface area contributed by atoms with Crippen molar-refractivity contribution in [3.63, 3.8) is 0 Å². The number of aromatic nitrogens is 1. The minimum atomic E-state index is -0.785. The van der Waals surface area contributed by atoms with E-state index in [9.17, 15) is 24.5 Å². The predicted octanol–water partition coefficient (Wildman–Crippen LogP) is 2.27. The zero-order chi connectivity index (χ0) is 20.5. The number of hydrogen-bond acceptors (Lipinski definition) is 6. The van der Waals surface area contributed by atoms with E-state index in [2.05, 4.69) is 5.32 Å². The summed E-state index contributed by atoms with van der Waals surface area (Å²) < 4.78 is 6.08. The molecular weight excluding hydrogens is 380 g/mol. The van der Waals surface area contributed by atoms with E-state index in [-0.39, 0.29) is 29.2 Å². The fourth-order valence-electron chi connectivity index (χ4n) is 3.33. The lowest BCUT2D eigenvalue weighted by Gasteiger charge is -2.16. The lowest BCUT2D eigenvalue weighted by atomic mass is 10.2. The van der Waals surface area contributed by atoms with Crippen LogP contribution < -0.4 is 16.0 Å². The molecule has 1 aliphatic heterocycles. The maximum Gasteiger partial charge on any atom is 0.420 e. The molecule has 2 heterocycles. The number of non-ortho nitro benzene ring substituents is 1. The van der Waals surface area contributed by atoms with Gasteiger partial charge in [0.05, 0.1) is 10.4 Å². The smallest absolute Gasteiger partial charge is 0.408 e. The Balaban J connectivity index is 1.55. The quantitative estimate of drug-likeness (QED) is 0.520. The van der Waals surface area contributed by atoms with Gasteiger partial charge in [-0.15, -0.1) is 0 Å². The first-order valence-electron chi connectivity index (χ1n) is 8.90. The topological polar surface area (TPSA) is 128 Å². The normalized spacial score (nSPS) is 13.8. The second kappa shape index (κ2) is 7.23. The third-order valence-electron chi connectivity index (χ3n) is 4.68. The molecule has 0 bridgehead atoms. The van der Waals surface area contributed by atoms with Crippen molar-refractivity contribution in [3.8, 4) is 0 Å². The number of amides is 2. The highest BCUT2D eigenvalue weighted by Gasteiger charge is 2.22. The lowest BCUT2D eigenvalue weighted by molar-refractivity contribution is -0.384. The van der Waals surface area contributed by atoms with Crippen molar-refractivity contribution < 1.29 is 18.9 Å². The maximum atomic E-state index is 12.5. The highest BCUT2D eigenvalue weighted by molar-refractivity contribution is 5.97. The Bertz CT molecular complexity index is 1190. The van der Waals surface area contributed by atoms with Crippen LogP contribution in [-0.4, -0.2) is 27.8 Å². The maximum absolute atomic E-state index is 12.5. The number of fused-ring (bicyclic) bond motifs is 1. The Morgan fingerprint density at radius 2 is 2.03 bits per heavy atom. The van der Waals surface area contributed by atoms with Crippen molar-refractivity contribution in [2.45, 2.75) is 19.4 Å². The SMILES string of the molecule is O=C(Cn1c(=O)oc2ccc([N+](=O)[O-])cc21)Nc1cccc(N2CCCC2=O)c1. The number of nitrogens with one attached hydrogen (secondary N) is 1. The summed E-state index contributed by atoms with van der Waals surface area (Å²) in [4.78, 5) is 48.5. The summed E-state index contributed by atoms with van der Waals surface area (Å²) >= 11 is 0. The molecule has 29 heavy (non-hydrogen) atoms. The van der Waals surface area contributed by atoms with Gasteiger partial charge in [-0.3, -0.25) is 24.3 Å². The van der Waals surface area contributed by atoms with E-state index in [1.807, 2.05) is 0 Å². The van der Waals surface area contributed by atoms with Crippen LogP contribution in [0.15, 0.2) is 51.7 Å². The van der Waals surface area contributed by atoms with Gasteiger partial charge in [-0.05, 0) is 30.7 Å². The first-order valence-corrected chi connectivity index (χ1v) is 8.90. The number of nitro groups is 1. The molecule has 1 aromatic heterocycles. The van der Waals surface area contributed by atoms with Gasteiger partial charge in [-0.25, -0.2) is 4.79 Å². The van der Waals surface area contributed by atoms with Crippen LogP contribution in [0.25, 0.3) is 11.1 Å². The number of rotatable bonds is 5. The van der Waals surface area contributed by atoms with Gasteiger partial charge >= 0.3 is 5.76 Å². The summed E-state index contributed by atoms with van der Waals surface area (Å²) in [6.07, 6.45) is 1.29. The van der Waals surface area contributed by atoms with Crippen LogP contribution >= 0.6 is 0 Å². The number of oxazole rings is 1. The van der Waals surface area contributed by atoms with Crippen LogP contribution in [0.4, 0.5) is 17.1 Å². The minimum absolute atomic E-state index is 0.0338. The Morgan fingerprint density at radius 3 is 2.76 bits per heavy atom. The molecule has 0 saturated carbocycles. The predicted molar refractivity (Wildman–Crippen MR) is 104 cm³/mol. The highest BCUT2D eigenvalue weighted by Crippen LogP contribution is 2.24. The van der Waals surface area contributed by atoms with E-state index >= 15 is 0 Å². The molecule has 0 radical (unpaired) electrons. The average Bonchev–Trinajstić information content (AvgIpc) is 3.24. The molecule has 0 aliphatic carbocycles. The Hall–Kier alpha value is -3.95. The van der Waals surface area contributed by atoms with Gasteiger partial charge in [0, 0.05) is 36.5 Å². The molecule has 10 nitrogen and oxygen atoms in total. The third kappa shape index (κ3) is 3.59. The van der Waals surface area contributed by atoms with Crippen molar-refractivity contribution in [3.05, 3.63) is 63.1 Å². The fraction of sp³-hybridized carbons (Fsp3) is 0.211. The van der Waals surface area contributed by atoms with Crippen molar-refractivity contribution in [1.29, 1.82) is 0 Å². The molecule has 1 saturated heterocycles. The van der Waals surface area contributed by atoms with E-state index in [4.69, 9.17) is 4.42 Å². The van der Waals surface area contributed by atoms with E-state index in [0.29, 0.717) is 24.3 Å². The number of nitro benzene ring substituents is 1. The second-order valence-electron chi connectivity index (χ2n) is 6.61. The molecule has 0 atom stereocenters. The highest BCUT2D eigenvalue weighted by atomic mass is 16.6. The number of hydrogen-bond donors (Lipinski definition) is 1. The van der Waals surface area contributed by atoms with E-state index in [1.54, 1.807) is 29.2 Å². The van der Waals surface area contributed by atoms with Gasteiger partial charge in [-0.2, -0.15) is 0 Å². The molecule has 3 aromatic rings. The van der Waals surface area contributed by atoms with Gasteiger partial charge in [0.2, 0.25) is 11.8 Å². The van der Waals surface area contributed by atoms with Crippen molar-refractivity contribution in [1.82, 2.24) is 4.57 Å². The van der Waals surface area contributed by atoms with Gasteiger partial charge in [0.1, 0.15) is 6.54 Å². The van der Waals surface area contributed by atoms with E-state index in [1.165, 1.54) is 18.2 Å². The Labute approximate surface area is 163 Å². The number of anilines is 2. The van der Waals surface area contributed by atoms with Crippen molar-refractivity contribution in [2.24, 2.45) is 0 Å². The summed E-state index contributed by atoms with van der Waals surface area (Å²) in [5, 5.41) is 13.6. The molecule has 0 spiro atoms. The third-order valence-corrected chi connectivity index (χ3v) is 4.68. The first-order chi connectivity index (χ1) is 13.9. The first kappa shape index (κ1) is 18.4. The number of nitrogens with zero attached hydrogens (tertiary/aromatic N) is 3. The summed E-state index contributed by atoms with van der Waals surface area (Å²) in [6, 6.07) is 10.6. The second-order valence-corrected chi connectivity index (χ2v) is 6.61. The van der Waals surface area contributed by atoms with Gasteiger partial charge in [0.15, 0.2) is 5.58 Å². The molecule has 4 rings (SSSR count). The molecule has 1 aliphatic rings. The molecule has 1 fully saturated rings. The molecular formula is C19H16N4O6. The van der Waals surface area contributed by atoms with Gasteiger partial charge in [-0.1, -0.05) is 6.07 Å². The summed E-state index contributed by atoms with van der Waals surface area (Å²) in [5.74, 6) is -1.26. The van der Waals surface area contributed by atoms with Crippen molar-refractivity contribution >= 4 is 40.0 Å². The number of benzene rings is 2. The molecule has 0 unspecified atom stereocenters. The largest absolute Gasteiger partial charge is 0.420 e. The van der Waals surface area contributed by atoms with Gasteiger partial charge in [0.25, 0.3) is 5.69 Å². The average molecular weight is 396 g/mol. The molecule has 2 aromatic carbocycles. The monoisotopic (exact) mass is 396 g/mol. The molecule has 10 heteroatoms.